The molecule has 3 heterocycles. The molecule has 10 heteroatoms. The lowest BCUT2D eigenvalue weighted by Gasteiger charge is -2.38. The summed E-state index contributed by atoms with van der Waals surface area (Å²) >= 11 is 4.07. The molecule has 7 nitrogen and oxygen atoms in total. The Labute approximate surface area is 234 Å². The number of carbonyl (C=O) groups is 2. The van der Waals surface area contributed by atoms with Gasteiger partial charge in [-0.2, -0.15) is 11.3 Å². The monoisotopic (exact) mass is 565 g/mol. The third kappa shape index (κ3) is 7.47. The van der Waals surface area contributed by atoms with Gasteiger partial charge in [0.2, 0.25) is 0 Å². The zero-order chi connectivity index (χ0) is 26.9. The molecule has 196 valence electrons. The van der Waals surface area contributed by atoms with Crippen LogP contribution in [0.4, 0.5) is 9.80 Å². The van der Waals surface area contributed by atoms with E-state index in [-0.39, 0.29) is 11.2 Å². The van der Waals surface area contributed by atoms with Gasteiger partial charge in [-0.3, -0.25) is 9.80 Å². The lowest BCUT2D eigenvalue weighted by molar-refractivity contribution is 0.0148. The topological polar surface area (TPSA) is 74.4 Å². The number of benzene rings is 1. The molecule has 0 bridgehead atoms. The Hall–Kier alpha value is -3.12. The molecule has 1 aliphatic rings. The zero-order valence-corrected chi connectivity index (χ0v) is 23.3. The highest BCUT2D eigenvalue weighted by Crippen LogP contribution is 2.26. The number of carbonyl (C=O) groups excluding carboxylic acids is 2. The minimum Gasteiger partial charge on any atom is -0.465 e. The van der Waals surface area contributed by atoms with Gasteiger partial charge in [0.15, 0.2) is 0 Å². The Balaban J connectivity index is 1.31. The number of hydrazine groups is 1. The van der Waals surface area contributed by atoms with Crippen molar-refractivity contribution in [3.8, 4) is 11.8 Å². The van der Waals surface area contributed by atoms with E-state index in [0.717, 1.165) is 33.9 Å². The van der Waals surface area contributed by atoms with Crippen LogP contribution in [-0.2, 0) is 17.6 Å². The molecule has 1 aromatic carbocycles. The first-order valence-corrected chi connectivity index (χ1v) is 14.7. The van der Waals surface area contributed by atoms with E-state index in [1.807, 2.05) is 46.8 Å². The fraction of sp³-hybridized carbons (Fsp3) is 0.321. The van der Waals surface area contributed by atoms with Crippen LogP contribution in [0, 0.1) is 18.4 Å². The van der Waals surface area contributed by atoms with E-state index < -0.39 is 6.10 Å². The first-order valence-electron chi connectivity index (χ1n) is 12.1. The fourth-order valence-electron chi connectivity index (χ4n) is 4.02. The van der Waals surface area contributed by atoms with Crippen molar-refractivity contribution in [3.05, 3.63) is 85.7 Å². The first-order chi connectivity index (χ1) is 18.5. The maximum atomic E-state index is 12.6. The summed E-state index contributed by atoms with van der Waals surface area (Å²) in [7, 11) is 1.36. The number of hydrogen-bond acceptors (Lipinski definition) is 8. The Bertz CT molecular complexity index is 1380. The highest BCUT2D eigenvalue weighted by atomic mass is 32.2. The molecule has 38 heavy (non-hydrogen) atoms. The summed E-state index contributed by atoms with van der Waals surface area (Å²) in [5.41, 5.74) is 2.56. The molecule has 1 fully saturated rings. The van der Waals surface area contributed by atoms with Gasteiger partial charge in [-0.05, 0) is 54.1 Å². The number of aliphatic hydroxyl groups is 1. The quantitative estimate of drug-likeness (QED) is 0.211. The van der Waals surface area contributed by atoms with Crippen LogP contribution >= 0.6 is 34.4 Å². The van der Waals surface area contributed by atoms with Crippen molar-refractivity contribution in [3.63, 3.8) is 0 Å². The predicted octanol–water partition coefficient (Wildman–Crippen LogP) is 5.47. The van der Waals surface area contributed by atoms with Crippen LogP contribution in [0.15, 0.2) is 47.8 Å². The third-order valence-electron chi connectivity index (χ3n) is 5.95. The van der Waals surface area contributed by atoms with Gasteiger partial charge in [0.25, 0.3) is 10.2 Å². The Morgan fingerprint density at radius 1 is 1.24 bits per heavy atom. The van der Waals surface area contributed by atoms with E-state index in [1.165, 1.54) is 41.5 Å². The second-order valence-corrected chi connectivity index (χ2v) is 11.7. The van der Waals surface area contributed by atoms with Gasteiger partial charge in [0, 0.05) is 47.8 Å². The molecule has 2 aromatic heterocycles. The van der Waals surface area contributed by atoms with E-state index in [1.54, 1.807) is 11.1 Å². The average molecular weight is 566 g/mol. The SMILES string of the molecule is [C-]#[N+]c1sccc1C#Cc1cccc(C[C@H](O)CCN2CCSC(=O)N2CCc2ccc(C(=O)OC)s2)c1. The van der Waals surface area contributed by atoms with Crippen LogP contribution in [0.5, 0.6) is 0 Å². The lowest BCUT2D eigenvalue weighted by Crippen LogP contribution is -2.51. The average Bonchev–Trinajstić information content (AvgIpc) is 3.59. The molecule has 1 aliphatic heterocycles. The number of hydrogen-bond donors (Lipinski definition) is 1. The lowest BCUT2D eigenvalue weighted by atomic mass is 10.0. The summed E-state index contributed by atoms with van der Waals surface area (Å²) in [6.45, 7) is 9.04. The zero-order valence-electron chi connectivity index (χ0n) is 20.9. The summed E-state index contributed by atoms with van der Waals surface area (Å²) in [5, 5.41) is 17.0. The minimum absolute atomic E-state index is 0.00811. The molecule has 0 unspecified atom stereocenters. The molecular formula is C28H27N3O4S3. The van der Waals surface area contributed by atoms with Gasteiger partial charge < -0.3 is 9.84 Å². The van der Waals surface area contributed by atoms with E-state index in [9.17, 15) is 14.7 Å². The standard InChI is InChI=1S/C28H27N3O4S3/c1-29-26-22(12-16-36-26)7-6-20-4-3-5-21(18-20)19-23(32)10-13-30-15-17-37-28(34)31(30)14-11-24-8-9-25(38-24)27(33)35-2/h3-5,8-9,12,16,18,23,32H,10-11,13-15,17,19H2,2H3/t23-/m1/s1. The van der Waals surface area contributed by atoms with E-state index in [0.29, 0.717) is 42.2 Å². The molecular weight excluding hydrogens is 539 g/mol. The highest BCUT2D eigenvalue weighted by Gasteiger charge is 2.27. The number of amides is 1. The Morgan fingerprint density at radius 2 is 2.11 bits per heavy atom. The van der Waals surface area contributed by atoms with Crippen LogP contribution in [0.2, 0.25) is 0 Å². The normalized spacial score (nSPS) is 14.4. The van der Waals surface area contributed by atoms with Crippen molar-refractivity contribution in [2.45, 2.75) is 25.4 Å². The minimum atomic E-state index is -0.560. The van der Waals surface area contributed by atoms with Crippen molar-refractivity contribution in [2.75, 3.05) is 32.5 Å². The van der Waals surface area contributed by atoms with E-state index in [4.69, 9.17) is 11.3 Å². The van der Waals surface area contributed by atoms with Crippen LogP contribution in [0.25, 0.3) is 4.85 Å². The molecule has 1 N–H and O–H groups in total. The van der Waals surface area contributed by atoms with E-state index >= 15 is 0 Å². The molecule has 1 amide bonds. The summed E-state index contributed by atoms with van der Waals surface area (Å²) in [6.07, 6.45) is 1.10. The number of methoxy groups -OCH3 is 1. The van der Waals surface area contributed by atoms with Crippen LogP contribution in [0.3, 0.4) is 0 Å². The largest absolute Gasteiger partial charge is 0.465 e. The van der Waals surface area contributed by atoms with Gasteiger partial charge in [-0.15, -0.1) is 11.3 Å². The first kappa shape index (κ1) is 27.9. The molecule has 1 saturated heterocycles. The van der Waals surface area contributed by atoms with Crippen molar-refractivity contribution in [2.24, 2.45) is 0 Å². The number of ether oxygens (including phenoxy) is 1. The van der Waals surface area contributed by atoms with Crippen molar-refractivity contribution in [1.29, 1.82) is 0 Å². The number of aliphatic hydroxyl groups excluding tert-OH is 1. The van der Waals surface area contributed by atoms with Crippen LogP contribution in [-0.4, -0.2) is 64.9 Å². The van der Waals surface area contributed by atoms with Gasteiger partial charge in [0.1, 0.15) is 4.88 Å². The molecule has 3 aromatic rings. The second-order valence-electron chi connectivity index (χ2n) is 8.55. The maximum Gasteiger partial charge on any atom is 0.348 e. The number of rotatable bonds is 9. The summed E-state index contributed by atoms with van der Waals surface area (Å²) in [6, 6.07) is 13.3. The fourth-order valence-corrected chi connectivity index (χ4v) is 6.40. The molecule has 0 saturated carbocycles. The van der Waals surface area contributed by atoms with Gasteiger partial charge in [-0.25, -0.2) is 14.6 Å². The molecule has 0 spiro atoms. The second kappa shape index (κ2) is 13.6. The van der Waals surface area contributed by atoms with Crippen LogP contribution in [0.1, 0.15) is 37.7 Å². The van der Waals surface area contributed by atoms with Crippen LogP contribution < -0.4 is 0 Å². The van der Waals surface area contributed by atoms with Gasteiger partial charge >= 0.3 is 5.97 Å². The number of nitrogens with zero attached hydrogens (tertiary/aromatic N) is 3. The molecule has 0 aliphatic carbocycles. The number of thiophene rings is 2. The molecule has 0 radical (unpaired) electrons. The number of thioether (sulfide) groups is 1. The van der Waals surface area contributed by atoms with Crippen molar-refractivity contribution < 1.29 is 19.4 Å². The third-order valence-corrected chi connectivity index (χ3v) is 8.73. The smallest absolute Gasteiger partial charge is 0.348 e. The summed E-state index contributed by atoms with van der Waals surface area (Å²) < 4.78 is 4.77. The van der Waals surface area contributed by atoms with E-state index in [2.05, 4.69) is 16.7 Å². The Morgan fingerprint density at radius 3 is 2.92 bits per heavy atom. The summed E-state index contributed by atoms with van der Waals surface area (Å²) in [5.74, 6) is 6.56. The van der Waals surface area contributed by atoms with Crippen molar-refractivity contribution >= 4 is 50.6 Å². The maximum absolute atomic E-state index is 12.6. The van der Waals surface area contributed by atoms with Gasteiger partial charge in [0.05, 0.1) is 19.8 Å². The summed E-state index contributed by atoms with van der Waals surface area (Å²) in [4.78, 5) is 29.4. The Kier molecular flexibility index (Phi) is 9.99. The van der Waals surface area contributed by atoms with Gasteiger partial charge in [-0.1, -0.05) is 35.7 Å². The molecule has 4 rings (SSSR count). The van der Waals surface area contributed by atoms with Crippen molar-refractivity contribution in [1.82, 2.24) is 10.0 Å². The highest BCUT2D eigenvalue weighted by molar-refractivity contribution is 8.13. The predicted molar refractivity (Wildman–Crippen MR) is 153 cm³/mol. The molecule has 1 atom stereocenters. The number of esters is 1.